The highest BCUT2D eigenvalue weighted by Gasteiger charge is 2.08. The molecule has 0 unspecified atom stereocenters. The number of Topliss-reactive ketones (excluding diaryl/α,β-unsaturated/α-hetero) is 1. The molecule has 0 fully saturated rings. The van der Waals surface area contributed by atoms with Crippen LogP contribution in [0.5, 0.6) is 0 Å². The number of benzene rings is 2. The van der Waals surface area contributed by atoms with Gasteiger partial charge < -0.3 is 0 Å². The molecule has 0 bridgehead atoms. The van der Waals surface area contributed by atoms with Gasteiger partial charge in [0, 0.05) is 23.9 Å². The maximum absolute atomic E-state index is 12.4. The van der Waals surface area contributed by atoms with Crippen LogP contribution >= 0.6 is 0 Å². The number of hydrogen-bond donors (Lipinski definition) is 0. The molecule has 2 heteroatoms. The molecule has 0 aliphatic carbocycles. The number of allylic oxidation sites excluding steroid dienone is 3. The van der Waals surface area contributed by atoms with Gasteiger partial charge in [-0.15, -0.1) is 0 Å². The lowest BCUT2D eigenvalue weighted by molar-refractivity contribution is 0.0992. The molecule has 0 aliphatic heterocycles. The standard InChI is InChI=1S/C27H33NO/c1-7-8-20(4)16-27(29)24-13-11-23(12-14-24)25-10-9-21(5)26(17-25)18-28-22(6)15-19(2)3/h9-15,17-19H,4,7-8,16H2,1-3,5-6H3/b22-15-,28-18?. The first kappa shape index (κ1) is 22.5. The number of nitrogens with zero attached hydrogens (tertiary/aromatic N) is 1. The first-order valence-electron chi connectivity index (χ1n) is 10.4. The summed E-state index contributed by atoms with van der Waals surface area (Å²) >= 11 is 0. The fourth-order valence-electron chi connectivity index (χ4n) is 3.28. The number of rotatable bonds is 9. The maximum atomic E-state index is 12.4. The molecule has 0 radical (unpaired) electrons. The monoisotopic (exact) mass is 387 g/mol. The van der Waals surface area contributed by atoms with Crippen LogP contribution < -0.4 is 0 Å². The van der Waals surface area contributed by atoms with Crippen LogP contribution in [-0.2, 0) is 0 Å². The number of aryl methyl sites for hydroxylation is 1. The average molecular weight is 388 g/mol. The summed E-state index contributed by atoms with van der Waals surface area (Å²) in [6.45, 7) is 14.5. The van der Waals surface area contributed by atoms with Crippen molar-refractivity contribution in [2.24, 2.45) is 10.9 Å². The van der Waals surface area contributed by atoms with E-state index in [0.29, 0.717) is 12.3 Å². The minimum Gasteiger partial charge on any atom is -0.294 e. The fourth-order valence-corrected chi connectivity index (χ4v) is 3.28. The van der Waals surface area contributed by atoms with Crippen LogP contribution in [0.1, 0.15) is 68.4 Å². The molecule has 0 saturated heterocycles. The molecule has 2 rings (SSSR count). The lowest BCUT2D eigenvalue weighted by atomic mass is 9.97. The van der Waals surface area contributed by atoms with Gasteiger partial charge in [0.05, 0.1) is 0 Å². The second-order valence-electron chi connectivity index (χ2n) is 8.06. The zero-order valence-corrected chi connectivity index (χ0v) is 18.5. The third-order valence-corrected chi connectivity index (χ3v) is 4.82. The Labute approximate surface area is 176 Å². The van der Waals surface area contributed by atoms with Crippen LogP contribution in [0.25, 0.3) is 11.1 Å². The third-order valence-electron chi connectivity index (χ3n) is 4.82. The Hall–Kier alpha value is -2.74. The van der Waals surface area contributed by atoms with E-state index in [1.807, 2.05) is 37.4 Å². The fraction of sp³-hybridized carbons (Fsp3) is 0.333. The quantitative estimate of drug-likeness (QED) is 0.248. The molecule has 0 amide bonds. The molecule has 0 spiro atoms. The molecule has 2 nitrogen and oxygen atoms in total. The lowest BCUT2D eigenvalue weighted by Crippen LogP contribution is -2.00. The number of carbonyl (C=O) groups excluding carboxylic acids is 1. The van der Waals surface area contributed by atoms with Gasteiger partial charge in [-0.1, -0.05) is 81.8 Å². The lowest BCUT2D eigenvalue weighted by Gasteiger charge is -2.08. The van der Waals surface area contributed by atoms with Crippen molar-refractivity contribution < 1.29 is 4.79 Å². The van der Waals surface area contributed by atoms with Crippen LogP contribution in [-0.4, -0.2) is 12.0 Å². The van der Waals surface area contributed by atoms with Crippen molar-refractivity contribution >= 4 is 12.0 Å². The second-order valence-corrected chi connectivity index (χ2v) is 8.06. The normalized spacial score (nSPS) is 12.0. The average Bonchev–Trinajstić information content (AvgIpc) is 2.67. The van der Waals surface area contributed by atoms with Gasteiger partial charge in [0.2, 0.25) is 0 Å². The molecule has 152 valence electrons. The molecule has 0 aliphatic rings. The minimum absolute atomic E-state index is 0.138. The first-order valence-corrected chi connectivity index (χ1v) is 10.4. The summed E-state index contributed by atoms with van der Waals surface area (Å²) in [6.07, 6.45) is 6.45. The SMILES string of the molecule is C=C(CCC)CC(=O)c1ccc(-c2ccc(C)c(C=N/C(C)=C\C(C)C)c2)cc1. The topological polar surface area (TPSA) is 29.4 Å². The smallest absolute Gasteiger partial charge is 0.166 e. The zero-order valence-electron chi connectivity index (χ0n) is 18.5. The van der Waals surface area contributed by atoms with E-state index in [1.54, 1.807) is 0 Å². The Kier molecular flexibility index (Phi) is 8.33. The predicted molar refractivity (Wildman–Crippen MR) is 126 cm³/mol. The number of carbonyl (C=O) groups is 1. The Bertz CT molecular complexity index is 914. The van der Waals surface area contributed by atoms with Gasteiger partial charge in [0.25, 0.3) is 0 Å². The van der Waals surface area contributed by atoms with Gasteiger partial charge in [-0.3, -0.25) is 9.79 Å². The number of hydrogen-bond acceptors (Lipinski definition) is 2. The second kappa shape index (κ2) is 10.7. The van der Waals surface area contributed by atoms with Crippen molar-refractivity contribution in [1.82, 2.24) is 0 Å². The molecule has 0 saturated carbocycles. The third kappa shape index (κ3) is 6.98. The molecular weight excluding hydrogens is 354 g/mol. The number of ketones is 1. The molecule has 0 N–H and O–H groups in total. The summed E-state index contributed by atoms with van der Waals surface area (Å²) in [6, 6.07) is 14.3. The molecule has 29 heavy (non-hydrogen) atoms. The molecule has 0 aromatic heterocycles. The van der Waals surface area contributed by atoms with Crippen LogP contribution in [0.4, 0.5) is 0 Å². The zero-order chi connectivity index (χ0) is 21.4. The molecule has 0 atom stereocenters. The summed E-state index contributed by atoms with van der Waals surface area (Å²) in [7, 11) is 0. The van der Waals surface area contributed by atoms with E-state index < -0.39 is 0 Å². The van der Waals surface area contributed by atoms with E-state index in [0.717, 1.165) is 46.4 Å². The van der Waals surface area contributed by atoms with Gasteiger partial charge in [0.15, 0.2) is 5.78 Å². The van der Waals surface area contributed by atoms with Gasteiger partial charge in [0.1, 0.15) is 0 Å². The largest absolute Gasteiger partial charge is 0.294 e. The molecular formula is C27H33NO. The molecule has 2 aromatic rings. The van der Waals surface area contributed by atoms with E-state index in [1.165, 1.54) is 5.56 Å². The molecule has 0 heterocycles. The van der Waals surface area contributed by atoms with Crippen molar-refractivity contribution in [1.29, 1.82) is 0 Å². The summed E-state index contributed by atoms with van der Waals surface area (Å²) in [5.41, 5.74) is 7.29. The van der Waals surface area contributed by atoms with Gasteiger partial charge in [-0.05, 0) is 54.5 Å². The van der Waals surface area contributed by atoms with Crippen molar-refractivity contribution in [2.75, 3.05) is 0 Å². The summed E-state index contributed by atoms with van der Waals surface area (Å²) < 4.78 is 0. The highest BCUT2D eigenvalue weighted by molar-refractivity contribution is 5.98. The highest BCUT2D eigenvalue weighted by atomic mass is 16.1. The highest BCUT2D eigenvalue weighted by Crippen LogP contribution is 2.23. The Balaban J connectivity index is 2.19. The molecule has 2 aromatic carbocycles. The predicted octanol–water partition coefficient (Wildman–Crippen LogP) is 7.57. The Morgan fingerprint density at radius 2 is 1.76 bits per heavy atom. The van der Waals surface area contributed by atoms with Gasteiger partial charge in [-0.25, -0.2) is 0 Å². The Morgan fingerprint density at radius 1 is 1.10 bits per heavy atom. The van der Waals surface area contributed by atoms with Gasteiger partial charge >= 0.3 is 0 Å². The summed E-state index contributed by atoms with van der Waals surface area (Å²) in [4.78, 5) is 17.0. The van der Waals surface area contributed by atoms with Crippen LogP contribution in [0, 0.1) is 12.8 Å². The Morgan fingerprint density at radius 3 is 2.38 bits per heavy atom. The van der Waals surface area contributed by atoms with Gasteiger partial charge in [-0.2, -0.15) is 0 Å². The van der Waals surface area contributed by atoms with Crippen molar-refractivity contribution in [2.45, 2.75) is 53.9 Å². The van der Waals surface area contributed by atoms with Crippen LogP contribution in [0.2, 0.25) is 0 Å². The minimum atomic E-state index is 0.138. The number of aliphatic imine (C=N–C) groups is 1. The van der Waals surface area contributed by atoms with E-state index in [2.05, 4.69) is 63.5 Å². The van der Waals surface area contributed by atoms with E-state index in [4.69, 9.17) is 0 Å². The van der Waals surface area contributed by atoms with Crippen molar-refractivity contribution in [3.8, 4) is 11.1 Å². The van der Waals surface area contributed by atoms with Crippen LogP contribution in [0.15, 0.2) is 71.4 Å². The first-order chi connectivity index (χ1) is 13.8. The van der Waals surface area contributed by atoms with E-state index in [-0.39, 0.29) is 5.78 Å². The van der Waals surface area contributed by atoms with E-state index in [9.17, 15) is 4.79 Å². The summed E-state index contributed by atoms with van der Waals surface area (Å²) in [5, 5.41) is 0. The maximum Gasteiger partial charge on any atom is 0.166 e. The van der Waals surface area contributed by atoms with Crippen LogP contribution in [0.3, 0.4) is 0 Å². The summed E-state index contributed by atoms with van der Waals surface area (Å²) in [5.74, 6) is 0.624. The van der Waals surface area contributed by atoms with Crippen molar-refractivity contribution in [3.05, 3.63) is 83.1 Å². The van der Waals surface area contributed by atoms with Crippen molar-refractivity contribution in [3.63, 3.8) is 0 Å². The van der Waals surface area contributed by atoms with E-state index >= 15 is 0 Å².